The maximum Gasteiger partial charge on any atom is 0.242 e. The van der Waals surface area contributed by atoms with Crippen molar-refractivity contribution >= 4 is 11.8 Å². The Bertz CT molecular complexity index is 620. The van der Waals surface area contributed by atoms with Gasteiger partial charge in [0.15, 0.2) is 0 Å². The number of likely N-dealkylation sites (tertiary alicyclic amines) is 2. The highest BCUT2D eigenvalue weighted by Gasteiger charge is 2.31. The van der Waals surface area contributed by atoms with Crippen LogP contribution in [0.4, 0.5) is 4.39 Å². The SMILES string of the molecule is N[C@@H]1CN(C(=O)CN2CCCCCC2=O)CC[C@H]1c1ccc(F)cc1. The molecule has 0 unspecified atom stereocenters. The van der Waals surface area contributed by atoms with Gasteiger partial charge in [0.2, 0.25) is 11.8 Å². The standard InChI is InChI=1S/C19H26FN3O2/c20-15-7-5-14(6-8-15)16-9-11-23(12-17(16)21)19(25)13-22-10-3-1-2-4-18(22)24/h5-8,16-17H,1-4,9-13,21H2/t16-,17+/m0/s1. The van der Waals surface area contributed by atoms with E-state index in [1.807, 2.05) is 0 Å². The molecule has 2 aliphatic heterocycles. The molecular weight excluding hydrogens is 321 g/mol. The van der Waals surface area contributed by atoms with Crippen LogP contribution in [0.5, 0.6) is 0 Å². The summed E-state index contributed by atoms with van der Waals surface area (Å²) in [5, 5.41) is 0. The molecule has 2 N–H and O–H groups in total. The zero-order valence-corrected chi connectivity index (χ0v) is 14.5. The Labute approximate surface area is 148 Å². The van der Waals surface area contributed by atoms with Crippen LogP contribution in [0.15, 0.2) is 24.3 Å². The molecule has 0 saturated carbocycles. The van der Waals surface area contributed by atoms with Gasteiger partial charge in [-0.1, -0.05) is 18.6 Å². The lowest BCUT2D eigenvalue weighted by Gasteiger charge is -2.38. The van der Waals surface area contributed by atoms with Crippen LogP contribution < -0.4 is 5.73 Å². The van der Waals surface area contributed by atoms with Gasteiger partial charge in [-0.25, -0.2) is 4.39 Å². The average Bonchev–Trinajstić information content (AvgIpc) is 2.80. The van der Waals surface area contributed by atoms with Gasteiger partial charge in [-0.3, -0.25) is 9.59 Å². The summed E-state index contributed by atoms with van der Waals surface area (Å²) < 4.78 is 13.1. The Kier molecular flexibility index (Phi) is 5.68. The highest BCUT2D eigenvalue weighted by Crippen LogP contribution is 2.27. The summed E-state index contributed by atoms with van der Waals surface area (Å²) >= 11 is 0. The smallest absolute Gasteiger partial charge is 0.242 e. The van der Waals surface area contributed by atoms with Crippen LogP contribution in [-0.2, 0) is 9.59 Å². The van der Waals surface area contributed by atoms with Crippen LogP contribution in [-0.4, -0.2) is 53.8 Å². The number of nitrogens with zero attached hydrogens (tertiary/aromatic N) is 2. The van der Waals surface area contributed by atoms with Gasteiger partial charge in [0.1, 0.15) is 5.82 Å². The number of halogens is 1. The highest BCUT2D eigenvalue weighted by atomic mass is 19.1. The Hall–Kier alpha value is -1.95. The molecule has 1 aromatic rings. The van der Waals surface area contributed by atoms with Gasteiger partial charge in [-0.15, -0.1) is 0 Å². The summed E-state index contributed by atoms with van der Waals surface area (Å²) in [6, 6.07) is 6.26. The van der Waals surface area contributed by atoms with Crippen LogP contribution in [0.3, 0.4) is 0 Å². The third-order valence-corrected chi connectivity index (χ3v) is 5.31. The van der Waals surface area contributed by atoms with E-state index in [2.05, 4.69) is 0 Å². The van der Waals surface area contributed by atoms with E-state index in [1.54, 1.807) is 21.9 Å². The van der Waals surface area contributed by atoms with E-state index < -0.39 is 0 Å². The lowest BCUT2D eigenvalue weighted by molar-refractivity contribution is -0.141. The minimum atomic E-state index is -0.257. The van der Waals surface area contributed by atoms with Gasteiger partial charge in [0.05, 0.1) is 6.54 Å². The molecule has 1 aromatic carbocycles. The fourth-order valence-corrected chi connectivity index (χ4v) is 3.80. The van der Waals surface area contributed by atoms with Crippen molar-refractivity contribution in [3.63, 3.8) is 0 Å². The second-order valence-corrected chi connectivity index (χ2v) is 7.08. The van der Waals surface area contributed by atoms with Gasteiger partial charge in [-0.2, -0.15) is 0 Å². The molecule has 2 heterocycles. The van der Waals surface area contributed by atoms with Gasteiger partial charge in [-0.05, 0) is 37.0 Å². The number of piperidine rings is 1. The van der Waals surface area contributed by atoms with Crippen molar-refractivity contribution in [1.29, 1.82) is 0 Å². The van der Waals surface area contributed by atoms with Crippen molar-refractivity contribution in [1.82, 2.24) is 9.80 Å². The summed E-state index contributed by atoms with van der Waals surface area (Å²) in [7, 11) is 0. The molecule has 2 fully saturated rings. The van der Waals surface area contributed by atoms with Gasteiger partial charge in [0.25, 0.3) is 0 Å². The Balaban J connectivity index is 1.57. The molecular formula is C19H26FN3O2. The molecule has 0 spiro atoms. The molecule has 2 saturated heterocycles. The van der Waals surface area contributed by atoms with E-state index >= 15 is 0 Å². The molecule has 6 heteroatoms. The molecule has 25 heavy (non-hydrogen) atoms. The topological polar surface area (TPSA) is 66.6 Å². The first-order valence-corrected chi connectivity index (χ1v) is 9.11. The second kappa shape index (κ2) is 7.95. The van der Waals surface area contributed by atoms with Crippen molar-refractivity contribution in [3.8, 4) is 0 Å². The maximum absolute atomic E-state index is 13.1. The number of hydrogen-bond acceptors (Lipinski definition) is 3. The normalized spacial score (nSPS) is 25.0. The summed E-state index contributed by atoms with van der Waals surface area (Å²) in [5.41, 5.74) is 7.31. The first-order valence-electron chi connectivity index (χ1n) is 9.11. The number of benzene rings is 1. The van der Waals surface area contributed by atoms with E-state index in [0.717, 1.165) is 31.2 Å². The molecule has 2 amide bonds. The quantitative estimate of drug-likeness (QED) is 0.908. The second-order valence-electron chi connectivity index (χ2n) is 7.08. The van der Waals surface area contributed by atoms with Crippen molar-refractivity contribution in [2.75, 3.05) is 26.2 Å². The van der Waals surface area contributed by atoms with Gasteiger partial charge >= 0.3 is 0 Å². The van der Waals surface area contributed by atoms with Crippen LogP contribution in [0.2, 0.25) is 0 Å². The van der Waals surface area contributed by atoms with E-state index in [4.69, 9.17) is 5.73 Å². The van der Waals surface area contributed by atoms with Gasteiger partial charge < -0.3 is 15.5 Å². The van der Waals surface area contributed by atoms with E-state index in [1.165, 1.54) is 12.1 Å². The van der Waals surface area contributed by atoms with Crippen LogP contribution in [0.25, 0.3) is 0 Å². The summed E-state index contributed by atoms with van der Waals surface area (Å²) in [6.45, 7) is 1.93. The van der Waals surface area contributed by atoms with Crippen LogP contribution in [0.1, 0.15) is 43.6 Å². The monoisotopic (exact) mass is 347 g/mol. The summed E-state index contributed by atoms with van der Waals surface area (Å²) in [4.78, 5) is 28.1. The number of hydrogen-bond donors (Lipinski definition) is 1. The summed E-state index contributed by atoms with van der Waals surface area (Å²) in [6.07, 6.45) is 4.22. The third-order valence-electron chi connectivity index (χ3n) is 5.31. The Morgan fingerprint density at radius 1 is 1.16 bits per heavy atom. The number of carbonyl (C=O) groups excluding carboxylic acids is 2. The lowest BCUT2D eigenvalue weighted by atomic mass is 9.86. The molecule has 136 valence electrons. The number of rotatable bonds is 3. The van der Waals surface area contributed by atoms with Crippen LogP contribution in [0, 0.1) is 5.82 Å². The van der Waals surface area contributed by atoms with E-state index in [0.29, 0.717) is 26.1 Å². The largest absolute Gasteiger partial charge is 0.340 e. The van der Waals surface area contributed by atoms with Crippen molar-refractivity contribution in [2.45, 2.75) is 44.1 Å². The first-order chi connectivity index (χ1) is 12.0. The molecule has 5 nitrogen and oxygen atoms in total. The predicted molar refractivity (Wildman–Crippen MR) is 93.4 cm³/mol. The zero-order valence-electron chi connectivity index (χ0n) is 14.5. The Morgan fingerprint density at radius 2 is 1.92 bits per heavy atom. The molecule has 2 atom stereocenters. The molecule has 0 aromatic heterocycles. The molecule has 3 rings (SSSR count). The van der Waals surface area contributed by atoms with Crippen LogP contribution >= 0.6 is 0 Å². The molecule has 0 bridgehead atoms. The lowest BCUT2D eigenvalue weighted by Crippen LogP contribution is -2.52. The van der Waals surface area contributed by atoms with Gasteiger partial charge in [0, 0.05) is 38.0 Å². The van der Waals surface area contributed by atoms with E-state index in [-0.39, 0.29) is 36.1 Å². The fraction of sp³-hybridized carbons (Fsp3) is 0.579. The predicted octanol–water partition coefficient (Wildman–Crippen LogP) is 1.87. The third kappa shape index (κ3) is 4.37. The Morgan fingerprint density at radius 3 is 2.64 bits per heavy atom. The first kappa shape index (κ1) is 17.9. The van der Waals surface area contributed by atoms with E-state index in [9.17, 15) is 14.0 Å². The zero-order chi connectivity index (χ0) is 17.8. The molecule has 0 radical (unpaired) electrons. The number of amides is 2. The van der Waals surface area contributed by atoms with Crippen molar-refractivity contribution < 1.29 is 14.0 Å². The minimum Gasteiger partial charge on any atom is -0.340 e. The van der Waals surface area contributed by atoms with Crippen molar-refractivity contribution in [3.05, 3.63) is 35.6 Å². The average molecular weight is 347 g/mol. The number of nitrogens with two attached hydrogens (primary N) is 1. The molecule has 0 aliphatic carbocycles. The van der Waals surface area contributed by atoms with Crippen molar-refractivity contribution in [2.24, 2.45) is 5.73 Å². The minimum absolute atomic E-state index is 0.0248. The summed E-state index contributed by atoms with van der Waals surface area (Å²) in [5.74, 6) is -0.0730. The fourth-order valence-electron chi connectivity index (χ4n) is 3.80. The number of carbonyl (C=O) groups is 2. The highest BCUT2D eigenvalue weighted by molar-refractivity contribution is 5.85. The molecule has 2 aliphatic rings. The maximum atomic E-state index is 13.1.